The number of fused-ring (bicyclic) bond motifs is 2. The first-order chi connectivity index (χ1) is 26.2. The summed E-state index contributed by atoms with van der Waals surface area (Å²) >= 11 is 6.60. The van der Waals surface area contributed by atoms with E-state index in [1.54, 1.807) is 46.6 Å². The van der Waals surface area contributed by atoms with Crippen LogP contribution in [0.3, 0.4) is 0 Å². The number of benzene rings is 3. The quantitative estimate of drug-likeness (QED) is 0.205. The number of anilines is 2. The van der Waals surface area contributed by atoms with Crippen LogP contribution in [0.5, 0.6) is 5.75 Å². The fourth-order valence-electron chi connectivity index (χ4n) is 7.46. The topological polar surface area (TPSA) is 133 Å². The second-order valence-corrected chi connectivity index (χ2v) is 14.0. The van der Waals surface area contributed by atoms with Crippen LogP contribution >= 0.6 is 11.6 Å². The number of amides is 2. The van der Waals surface area contributed by atoms with Gasteiger partial charge in [0.1, 0.15) is 17.5 Å². The average Bonchev–Trinajstić information content (AvgIpc) is 3.72. The number of phenolic OH excluding ortho intramolecular Hbond substituents is 1. The van der Waals surface area contributed by atoms with Crippen molar-refractivity contribution in [1.82, 2.24) is 29.1 Å². The first-order valence-electron chi connectivity index (χ1n) is 17.7. The van der Waals surface area contributed by atoms with Gasteiger partial charge in [0.2, 0.25) is 0 Å². The molecule has 8 rings (SSSR count). The van der Waals surface area contributed by atoms with Crippen molar-refractivity contribution in [3.63, 3.8) is 0 Å². The molecule has 0 unspecified atom stereocenters. The molecule has 6 aromatic rings. The van der Waals surface area contributed by atoms with E-state index in [1.807, 2.05) is 42.2 Å². The Hall–Kier alpha value is -6.00. The summed E-state index contributed by atoms with van der Waals surface area (Å²) in [7, 11) is 1.76. The Kier molecular flexibility index (Phi) is 9.37. The molecular formula is C41H37ClN8O4. The molecular weight excluding hydrogens is 704 g/mol. The van der Waals surface area contributed by atoms with Gasteiger partial charge in [-0.25, -0.2) is 9.67 Å². The summed E-state index contributed by atoms with van der Waals surface area (Å²) in [5.41, 5.74) is 5.48. The fourth-order valence-corrected chi connectivity index (χ4v) is 7.61. The highest BCUT2D eigenvalue weighted by Gasteiger charge is 2.35. The normalized spacial score (nSPS) is 15.9. The van der Waals surface area contributed by atoms with Gasteiger partial charge in [0.15, 0.2) is 11.4 Å². The Morgan fingerprint density at radius 2 is 1.72 bits per heavy atom. The highest BCUT2D eigenvalue weighted by atomic mass is 35.5. The number of phenols is 1. The lowest BCUT2D eigenvalue weighted by Crippen LogP contribution is -2.52. The van der Waals surface area contributed by atoms with Crippen LogP contribution in [0.15, 0.2) is 91.1 Å². The maximum absolute atomic E-state index is 14.9. The minimum atomic E-state index is -0.477. The van der Waals surface area contributed by atoms with Crippen LogP contribution in [-0.4, -0.2) is 84.9 Å². The standard InChI is InChI=1S/C41H37ClN8O4/c1-26-36(21-31(22-43)46(26)2)49(30-11-13-33(51)14-12-30)41(53)38-34-9-5-6-10-35(34)50(45-38)37-20-29(42)23-44-39(37)40(52)48-24-28-8-4-3-7-27(28)19-32(48)25-47-15-17-54-18-16-47/h3-14,20-21,23,32,51H,15-19,24-25H2,1-2H3/t32-/m0/s1. The first kappa shape index (κ1) is 35.1. The summed E-state index contributed by atoms with van der Waals surface area (Å²) in [5, 5.41) is 25.7. The summed E-state index contributed by atoms with van der Waals surface area (Å²) in [6, 6.07) is 27.1. The molecule has 1 atom stereocenters. The largest absolute Gasteiger partial charge is 0.508 e. The van der Waals surface area contributed by atoms with Crippen molar-refractivity contribution in [1.29, 1.82) is 5.26 Å². The Bertz CT molecular complexity index is 2440. The average molecular weight is 741 g/mol. The van der Waals surface area contributed by atoms with Crippen molar-refractivity contribution in [2.24, 2.45) is 7.05 Å². The van der Waals surface area contributed by atoms with Crippen molar-refractivity contribution in [3.8, 4) is 17.5 Å². The Morgan fingerprint density at radius 1 is 1.00 bits per heavy atom. The Morgan fingerprint density at radius 3 is 2.46 bits per heavy atom. The molecule has 3 aromatic carbocycles. The molecule has 54 heavy (non-hydrogen) atoms. The van der Waals surface area contributed by atoms with Crippen LogP contribution in [0.2, 0.25) is 5.02 Å². The lowest BCUT2D eigenvalue weighted by molar-refractivity contribution is 0.0191. The van der Waals surface area contributed by atoms with Crippen LogP contribution in [0, 0.1) is 18.3 Å². The third-order valence-corrected chi connectivity index (χ3v) is 10.6. The van der Waals surface area contributed by atoms with E-state index in [-0.39, 0.29) is 29.1 Å². The van der Waals surface area contributed by atoms with E-state index >= 15 is 0 Å². The number of nitriles is 1. The van der Waals surface area contributed by atoms with E-state index < -0.39 is 5.91 Å². The summed E-state index contributed by atoms with van der Waals surface area (Å²) < 4.78 is 8.88. The molecule has 5 heterocycles. The summed E-state index contributed by atoms with van der Waals surface area (Å²) in [6.45, 7) is 5.83. The number of halogens is 1. The van der Waals surface area contributed by atoms with Crippen molar-refractivity contribution in [2.75, 3.05) is 37.7 Å². The second-order valence-electron chi connectivity index (χ2n) is 13.6. The van der Waals surface area contributed by atoms with E-state index in [1.165, 1.54) is 28.8 Å². The molecule has 0 saturated carbocycles. The Labute approximate surface area is 317 Å². The molecule has 2 amide bonds. The lowest BCUT2D eigenvalue weighted by atomic mass is 9.93. The third-order valence-electron chi connectivity index (χ3n) is 10.4. The molecule has 1 N–H and O–H groups in total. The zero-order valence-electron chi connectivity index (χ0n) is 29.8. The number of aromatic hydroxyl groups is 1. The minimum absolute atomic E-state index is 0.0402. The number of hydrogen-bond donors (Lipinski definition) is 1. The van der Waals surface area contributed by atoms with Crippen molar-refractivity contribution in [3.05, 3.63) is 130 Å². The second kappa shape index (κ2) is 14.4. The molecule has 1 saturated heterocycles. The molecule has 272 valence electrons. The van der Waals surface area contributed by atoms with Crippen LogP contribution < -0.4 is 4.90 Å². The Balaban J connectivity index is 1.24. The van der Waals surface area contributed by atoms with Crippen molar-refractivity contribution >= 4 is 45.7 Å². The number of carbonyl (C=O) groups excluding carboxylic acids is 2. The molecule has 0 bridgehead atoms. The molecule has 13 heteroatoms. The number of para-hydroxylation sites is 1. The summed E-state index contributed by atoms with van der Waals surface area (Å²) in [6.07, 6.45) is 2.16. The number of morpholine rings is 1. The molecule has 3 aromatic heterocycles. The van der Waals surface area contributed by atoms with E-state index in [2.05, 4.69) is 28.1 Å². The molecule has 2 aliphatic rings. The van der Waals surface area contributed by atoms with Crippen molar-refractivity contribution in [2.45, 2.75) is 25.9 Å². The number of aromatic nitrogens is 4. The molecule has 0 aliphatic carbocycles. The number of ether oxygens (including phenoxy) is 1. The van der Waals surface area contributed by atoms with Gasteiger partial charge in [-0.15, -0.1) is 0 Å². The van der Waals surface area contributed by atoms with Crippen LogP contribution in [0.25, 0.3) is 16.6 Å². The molecule has 2 aliphatic heterocycles. The van der Waals surface area contributed by atoms with E-state index in [0.29, 0.717) is 77.1 Å². The molecule has 1 fully saturated rings. The molecule has 12 nitrogen and oxygen atoms in total. The maximum atomic E-state index is 14.9. The van der Waals surface area contributed by atoms with Gasteiger partial charge in [-0.2, -0.15) is 10.4 Å². The van der Waals surface area contributed by atoms with Gasteiger partial charge in [0.25, 0.3) is 11.8 Å². The van der Waals surface area contributed by atoms with Gasteiger partial charge in [-0.05, 0) is 66.9 Å². The number of nitrogens with zero attached hydrogens (tertiary/aromatic N) is 8. The zero-order valence-corrected chi connectivity index (χ0v) is 30.6. The maximum Gasteiger partial charge on any atom is 0.284 e. The van der Waals surface area contributed by atoms with Gasteiger partial charge in [0, 0.05) is 62.2 Å². The van der Waals surface area contributed by atoms with Gasteiger partial charge < -0.3 is 19.3 Å². The van der Waals surface area contributed by atoms with E-state index in [4.69, 9.17) is 21.4 Å². The van der Waals surface area contributed by atoms with Crippen LogP contribution in [0.1, 0.15) is 43.5 Å². The zero-order chi connectivity index (χ0) is 37.5. The number of pyridine rings is 1. The number of rotatable bonds is 7. The van der Waals surface area contributed by atoms with Gasteiger partial charge in [-0.1, -0.05) is 54.1 Å². The van der Waals surface area contributed by atoms with Gasteiger partial charge >= 0.3 is 0 Å². The number of hydrogen-bond acceptors (Lipinski definition) is 8. The van der Waals surface area contributed by atoms with Crippen LogP contribution in [0.4, 0.5) is 11.4 Å². The predicted molar refractivity (Wildman–Crippen MR) is 204 cm³/mol. The minimum Gasteiger partial charge on any atom is -0.508 e. The predicted octanol–water partition coefficient (Wildman–Crippen LogP) is 6.18. The number of carbonyl (C=O) groups is 2. The fraction of sp³-hybridized carbons (Fsp3) is 0.244. The SMILES string of the molecule is Cc1c(N(C(=O)c2nn(-c3cc(Cl)cnc3C(=O)N3Cc4ccccc4C[C@H]3CN3CCOCC3)c3ccccc23)c2ccc(O)cc2)cc(C#N)n1C. The van der Waals surface area contributed by atoms with Crippen molar-refractivity contribution < 1.29 is 19.4 Å². The molecule has 0 spiro atoms. The van der Waals surface area contributed by atoms with E-state index in [0.717, 1.165) is 18.7 Å². The van der Waals surface area contributed by atoms with Gasteiger partial charge in [-0.3, -0.25) is 19.4 Å². The summed E-state index contributed by atoms with van der Waals surface area (Å²) in [5.74, 6) is -0.704. The monoisotopic (exact) mass is 740 g/mol. The van der Waals surface area contributed by atoms with Gasteiger partial charge in [0.05, 0.1) is 35.1 Å². The summed E-state index contributed by atoms with van der Waals surface area (Å²) in [4.78, 5) is 40.1. The highest BCUT2D eigenvalue weighted by Crippen LogP contribution is 2.36. The highest BCUT2D eigenvalue weighted by molar-refractivity contribution is 6.30. The van der Waals surface area contributed by atoms with Crippen LogP contribution in [-0.2, 0) is 24.8 Å². The third kappa shape index (κ3) is 6.36. The van der Waals surface area contributed by atoms with E-state index in [9.17, 15) is 20.0 Å². The lowest BCUT2D eigenvalue weighted by Gasteiger charge is -2.40. The first-order valence-corrected chi connectivity index (χ1v) is 18.1. The molecule has 0 radical (unpaired) electrons. The smallest absolute Gasteiger partial charge is 0.284 e.